The highest BCUT2D eigenvalue weighted by Gasteiger charge is 2.73. The number of phenolic OH excluding ortho intramolecular Hbond substituents is 1. The van der Waals surface area contributed by atoms with Gasteiger partial charge in [-0.25, -0.2) is 0 Å². The first-order valence-electron chi connectivity index (χ1n) is 16.4. The Kier molecular flexibility index (Phi) is 7.80. The summed E-state index contributed by atoms with van der Waals surface area (Å²) in [5, 5.41) is 23.9. The van der Waals surface area contributed by atoms with Crippen LogP contribution in [-0.2, 0) is 29.2 Å². The van der Waals surface area contributed by atoms with E-state index in [-0.39, 0.29) is 17.7 Å². The Hall–Kier alpha value is -4.00. The predicted octanol–water partition coefficient (Wildman–Crippen LogP) is 5.71. The van der Waals surface area contributed by atoms with Gasteiger partial charge in [-0.2, -0.15) is 13.2 Å². The largest absolute Gasteiger partial charge is 0.504 e. The molecule has 3 aromatic carbocycles. The van der Waals surface area contributed by atoms with Crippen LogP contribution >= 0.6 is 0 Å². The molecule has 4 aliphatic rings. The number of carbonyl (C=O) groups is 1. The fourth-order valence-corrected chi connectivity index (χ4v) is 8.81. The van der Waals surface area contributed by atoms with E-state index in [4.69, 9.17) is 4.74 Å². The van der Waals surface area contributed by atoms with E-state index in [1.165, 1.54) is 17.7 Å². The quantitative estimate of drug-likeness (QED) is 0.337. The number of piperidine rings is 1. The van der Waals surface area contributed by atoms with E-state index in [0.717, 1.165) is 42.8 Å². The molecule has 0 aromatic heterocycles. The van der Waals surface area contributed by atoms with Crippen molar-refractivity contribution in [3.05, 3.63) is 94.5 Å². The Morgan fingerprint density at radius 3 is 2.53 bits per heavy atom. The molecule has 2 aliphatic carbocycles. The van der Waals surface area contributed by atoms with Crippen LogP contribution in [0.2, 0.25) is 0 Å². The summed E-state index contributed by atoms with van der Waals surface area (Å²) in [6, 6.07) is 17.8. The summed E-state index contributed by atoms with van der Waals surface area (Å²) in [5.41, 5.74) is 0.765. The van der Waals surface area contributed by atoms with Crippen LogP contribution in [-0.4, -0.2) is 69.3 Å². The van der Waals surface area contributed by atoms with Gasteiger partial charge in [-0.15, -0.1) is 0 Å². The first-order chi connectivity index (χ1) is 22.4. The number of halogens is 3. The van der Waals surface area contributed by atoms with Gasteiger partial charge in [0.15, 0.2) is 11.5 Å². The Balaban J connectivity index is 1.22. The van der Waals surface area contributed by atoms with Crippen molar-refractivity contribution in [2.45, 2.75) is 81.3 Å². The standard InChI is InChI=1S/C38H39F3N2O4/c1-24(2)23-43(32(45)15-10-26-8-12-28(13-9-26)38(39,40)41)29-16-18-37(46)31-22-27-11-14-30(44)34-33(27)36(37,35(29)47-34)19-21-42(31)20-17-25-6-4-3-5-7-25/h3-9,11-14,24,29,31,35,44,46H,16-23H2,1-2H3/t29-,31-,35+,36+,37-/m1/s1. The van der Waals surface area contributed by atoms with Gasteiger partial charge in [-0.1, -0.05) is 56.2 Å². The van der Waals surface area contributed by atoms with E-state index < -0.39 is 40.8 Å². The third-order valence-corrected chi connectivity index (χ3v) is 10.8. The molecule has 2 bridgehead atoms. The van der Waals surface area contributed by atoms with E-state index in [1.54, 1.807) is 11.0 Å². The van der Waals surface area contributed by atoms with E-state index in [9.17, 15) is 28.2 Å². The van der Waals surface area contributed by atoms with Gasteiger partial charge in [-0.3, -0.25) is 9.69 Å². The van der Waals surface area contributed by atoms with Crippen molar-refractivity contribution in [2.75, 3.05) is 19.6 Å². The molecule has 1 saturated heterocycles. The zero-order valence-corrected chi connectivity index (χ0v) is 26.6. The Labute approximate surface area is 273 Å². The van der Waals surface area contributed by atoms with Gasteiger partial charge in [-0.05, 0) is 86.0 Å². The van der Waals surface area contributed by atoms with Gasteiger partial charge in [0.2, 0.25) is 0 Å². The van der Waals surface area contributed by atoms with Crippen LogP contribution < -0.4 is 4.74 Å². The van der Waals surface area contributed by atoms with Gasteiger partial charge in [0.05, 0.1) is 22.6 Å². The minimum absolute atomic E-state index is 0.0300. The number of rotatable bonds is 6. The van der Waals surface area contributed by atoms with Crippen LogP contribution in [0.25, 0.3) is 0 Å². The number of amides is 1. The lowest BCUT2D eigenvalue weighted by molar-refractivity contribution is -0.200. The van der Waals surface area contributed by atoms with E-state index in [2.05, 4.69) is 28.9 Å². The maximum atomic E-state index is 13.9. The van der Waals surface area contributed by atoms with Crippen LogP contribution in [0.4, 0.5) is 13.2 Å². The summed E-state index contributed by atoms with van der Waals surface area (Å²) < 4.78 is 45.9. The van der Waals surface area contributed by atoms with Crippen molar-refractivity contribution in [1.82, 2.24) is 9.80 Å². The fourth-order valence-electron chi connectivity index (χ4n) is 8.81. The normalized spacial score (nSPS) is 27.4. The molecular weight excluding hydrogens is 605 g/mol. The molecule has 1 spiro atoms. The van der Waals surface area contributed by atoms with Crippen molar-refractivity contribution in [2.24, 2.45) is 5.92 Å². The van der Waals surface area contributed by atoms with Crippen molar-refractivity contribution in [1.29, 1.82) is 0 Å². The second-order valence-electron chi connectivity index (χ2n) is 13.9. The minimum Gasteiger partial charge on any atom is -0.504 e. The molecule has 3 aromatic rings. The molecule has 7 rings (SSSR count). The molecule has 0 unspecified atom stereocenters. The van der Waals surface area contributed by atoms with Crippen LogP contribution in [0, 0.1) is 17.8 Å². The van der Waals surface area contributed by atoms with E-state index in [1.807, 2.05) is 38.1 Å². The number of aromatic hydroxyl groups is 1. The molecule has 9 heteroatoms. The third kappa shape index (κ3) is 5.17. The predicted molar refractivity (Wildman–Crippen MR) is 171 cm³/mol. The summed E-state index contributed by atoms with van der Waals surface area (Å²) in [7, 11) is 0. The lowest BCUT2D eigenvalue weighted by Gasteiger charge is -2.64. The number of benzene rings is 3. The van der Waals surface area contributed by atoms with Crippen LogP contribution in [0.5, 0.6) is 11.5 Å². The number of aliphatic hydroxyl groups is 1. The molecule has 2 heterocycles. The maximum Gasteiger partial charge on any atom is 0.416 e. The molecule has 47 heavy (non-hydrogen) atoms. The molecule has 5 atom stereocenters. The zero-order valence-electron chi connectivity index (χ0n) is 26.6. The van der Waals surface area contributed by atoms with Gasteiger partial charge < -0.3 is 19.8 Å². The molecule has 2 fully saturated rings. The number of alkyl halides is 3. The summed E-state index contributed by atoms with van der Waals surface area (Å²) in [6.07, 6.45) is -2.00. The fraction of sp³-hybridized carbons (Fsp3) is 0.447. The molecule has 246 valence electrons. The molecule has 1 amide bonds. The molecule has 0 radical (unpaired) electrons. The average Bonchev–Trinajstić information content (AvgIpc) is 3.40. The first kappa shape index (κ1) is 31.6. The molecule has 1 saturated carbocycles. The van der Waals surface area contributed by atoms with Crippen LogP contribution in [0.1, 0.15) is 60.9 Å². The highest BCUT2D eigenvalue weighted by atomic mass is 19.4. The van der Waals surface area contributed by atoms with Crippen molar-refractivity contribution in [3.63, 3.8) is 0 Å². The van der Waals surface area contributed by atoms with Gasteiger partial charge in [0.1, 0.15) is 6.10 Å². The lowest BCUT2D eigenvalue weighted by Crippen LogP contribution is -2.78. The number of ether oxygens (including phenoxy) is 1. The van der Waals surface area contributed by atoms with Crippen molar-refractivity contribution in [3.8, 4) is 23.3 Å². The summed E-state index contributed by atoms with van der Waals surface area (Å²) >= 11 is 0. The van der Waals surface area contributed by atoms with Gasteiger partial charge >= 0.3 is 6.18 Å². The first-order valence-corrected chi connectivity index (χ1v) is 16.4. The number of hydrogen-bond donors (Lipinski definition) is 2. The van der Waals surface area contributed by atoms with E-state index >= 15 is 0 Å². The maximum absolute atomic E-state index is 13.9. The molecule has 2 N–H and O–H groups in total. The Morgan fingerprint density at radius 2 is 1.83 bits per heavy atom. The second kappa shape index (κ2) is 11.6. The Morgan fingerprint density at radius 1 is 1.09 bits per heavy atom. The summed E-state index contributed by atoms with van der Waals surface area (Å²) in [5.74, 6) is 5.55. The minimum atomic E-state index is -4.46. The molecule has 6 nitrogen and oxygen atoms in total. The highest BCUT2D eigenvalue weighted by molar-refractivity contribution is 5.94. The number of hydrogen-bond acceptors (Lipinski definition) is 5. The third-order valence-electron chi connectivity index (χ3n) is 10.8. The smallest absolute Gasteiger partial charge is 0.416 e. The monoisotopic (exact) mass is 644 g/mol. The summed E-state index contributed by atoms with van der Waals surface area (Å²) in [6.45, 7) is 5.96. The SMILES string of the molecule is CC(C)CN(C(=O)C#Cc1ccc(C(F)(F)F)cc1)[C@@H]1CC[C@@]2(O)[C@H]3Cc4ccc(O)c5c4[C@@]2(CCN3CCc2ccccc2)[C@H]1O5. The van der Waals surface area contributed by atoms with Gasteiger partial charge in [0.25, 0.3) is 5.91 Å². The van der Waals surface area contributed by atoms with E-state index in [0.29, 0.717) is 43.5 Å². The number of phenols is 1. The highest BCUT2D eigenvalue weighted by Crippen LogP contribution is 2.65. The number of nitrogens with zero attached hydrogens (tertiary/aromatic N) is 2. The van der Waals surface area contributed by atoms with Crippen molar-refractivity contribution >= 4 is 5.91 Å². The summed E-state index contributed by atoms with van der Waals surface area (Å²) in [4.78, 5) is 18.0. The number of likely N-dealkylation sites (tertiary alicyclic amines) is 1. The lowest BCUT2D eigenvalue weighted by atomic mass is 9.48. The topological polar surface area (TPSA) is 73.2 Å². The van der Waals surface area contributed by atoms with Crippen LogP contribution in [0.15, 0.2) is 66.7 Å². The van der Waals surface area contributed by atoms with Gasteiger partial charge in [0, 0.05) is 36.2 Å². The van der Waals surface area contributed by atoms with Crippen molar-refractivity contribution < 1.29 is 32.9 Å². The molecular formula is C38H39F3N2O4. The zero-order chi connectivity index (χ0) is 33.1. The average molecular weight is 645 g/mol. The van der Waals surface area contributed by atoms with Crippen LogP contribution in [0.3, 0.4) is 0 Å². The number of carbonyl (C=O) groups excluding carboxylic acids is 1. The Bertz CT molecular complexity index is 1730. The molecule has 2 aliphatic heterocycles. The second-order valence-corrected chi connectivity index (χ2v) is 13.9.